The summed E-state index contributed by atoms with van der Waals surface area (Å²) in [4.78, 5) is 10.9. The molecule has 2 atom stereocenters. The summed E-state index contributed by atoms with van der Waals surface area (Å²) in [5.74, 6) is -0.113. The highest BCUT2D eigenvalue weighted by molar-refractivity contribution is 6.32. The van der Waals surface area contributed by atoms with Gasteiger partial charge in [-0.1, -0.05) is 23.2 Å². The van der Waals surface area contributed by atoms with Crippen LogP contribution in [-0.2, 0) is 11.3 Å². The van der Waals surface area contributed by atoms with Crippen molar-refractivity contribution in [2.45, 2.75) is 37.5 Å². The molecule has 0 spiro atoms. The molecule has 7 nitrogen and oxygen atoms in total. The van der Waals surface area contributed by atoms with Gasteiger partial charge in [-0.3, -0.25) is 4.90 Å². The predicted octanol–water partition coefficient (Wildman–Crippen LogP) is 4.67. The van der Waals surface area contributed by atoms with Crippen molar-refractivity contribution >= 4 is 45.7 Å². The van der Waals surface area contributed by atoms with Gasteiger partial charge >= 0.3 is 0 Å². The first-order valence-electron chi connectivity index (χ1n) is 10.6. The van der Waals surface area contributed by atoms with Crippen LogP contribution in [0.4, 0.5) is 24.8 Å². The van der Waals surface area contributed by atoms with Gasteiger partial charge in [0.1, 0.15) is 12.7 Å². The van der Waals surface area contributed by atoms with Crippen LogP contribution >= 0.6 is 23.2 Å². The molecule has 0 radical (unpaired) electrons. The number of benzene rings is 1. The van der Waals surface area contributed by atoms with E-state index in [1.165, 1.54) is 6.20 Å². The van der Waals surface area contributed by atoms with E-state index in [-0.39, 0.29) is 17.0 Å². The van der Waals surface area contributed by atoms with E-state index in [9.17, 15) is 8.78 Å². The van der Waals surface area contributed by atoms with Crippen LogP contribution in [0.3, 0.4) is 0 Å². The van der Waals surface area contributed by atoms with Crippen LogP contribution in [0.2, 0.25) is 10.2 Å². The molecule has 0 bridgehead atoms. The Morgan fingerprint density at radius 2 is 2.03 bits per heavy atom. The number of nitrogens with one attached hydrogen (secondary N) is 1. The molecule has 5 rings (SSSR count). The van der Waals surface area contributed by atoms with Crippen molar-refractivity contribution in [2.75, 3.05) is 31.6 Å². The van der Waals surface area contributed by atoms with Crippen LogP contribution in [-0.4, -0.2) is 69.6 Å². The predicted molar refractivity (Wildman–Crippen MR) is 120 cm³/mol. The zero-order chi connectivity index (χ0) is 23.1. The quantitative estimate of drug-likeness (QED) is 0.530. The molecule has 0 amide bonds. The van der Waals surface area contributed by atoms with Gasteiger partial charge in [-0.05, 0) is 30.7 Å². The average Bonchev–Trinajstić information content (AvgIpc) is 3.06. The second kappa shape index (κ2) is 9.25. The third-order valence-electron chi connectivity index (χ3n) is 6.14. The molecule has 0 saturated carbocycles. The molecule has 0 unspecified atom stereocenters. The van der Waals surface area contributed by atoms with E-state index in [1.807, 2.05) is 0 Å². The zero-order valence-electron chi connectivity index (χ0n) is 17.4. The number of aromatic nitrogens is 4. The number of hydrogen-bond acceptors (Lipinski definition) is 6. The lowest BCUT2D eigenvalue weighted by atomic mass is 9.86. The monoisotopic (exact) mass is 500 g/mol. The molecule has 2 fully saturated rings. The van der Waals surface area contributed by atoms with Gasteiger partial charge in [0, 0.05) is 29.1 Å². The summed E-state index contributed by atoms with van der Waals surface area (Å²) >= 11 is 12.6. The van der Waals surface area contributed by atoms with E-state index < -0.39 is 19.1 Å². The van der Waals surface area contributed by atoms with E-state index in [1.54, 1.807) is 18.3 Å². The smallest absolute Gasteiger partial charge is 0.257 e. The fourth-order valence-corrected chi connectivity index (χ4v) is 4.81. The Bertz CT molecular complexity index is 1160. The SMILES string of the molecule is FC(F)Cn1ncc(Nc2ncc3cc(Cl)c([C@H]4CCN(C5COC5)C[C@@H]4F)cc3n2)c1Cl. The molecule has 2 aliphatic heterocycles. The molecule has 3 aromatic rings. The minimum absolute atomic E-state index is 0.0275. The fourth-order valence-electron chi connectivity index (χ4n) is 4.29. The number of fused-ring (bicyclic) bond motifs is 1. The molecule has 12 heteroatoms. The maximum absolute atomic E-state index is 15.1. The number of likely N-dealkylation sites (tertiary alicyclic amines) is 1. The first kappa shape index (κ1) is 22.6. The lowest BCUT2D eigenvalue weighted by Crippen LogP contribution is -2.54. The number of ether oxygens (including phenoxy) is 1. The van der Waals surface area contributed by atoms with Crippen molar-refractivity contribution in [1.29, 1.82) is 0 Å². The number of hydrogen-bond donors (Lipinski definition) is 1. The normalized spacial score (nSPS) is 22.1. The molecule has 2 saturated heterocycles. The topological polar surface area (TPSA) is 68.1 Å². The van der Waals surface area contributed by atoms with Crippen LogP contribution in [0.1, 0.15) is 17.9 Å². The first-order chi connectivity index (χ1) is 15.9. The van der Waals surface area contributed by atoms with Crippen molar-refractivity contribution in [1.82, 2.24) is 24.6 Å². The number of anilines is 2. The highest BCUT2D eigenvalue weighted by Crippen LogP contribution is 2.37. The molecule has 33 heavy (non-hydrogen) atoms. The van der Waals surface area contributed by atoms with Crippen LogP contribution in [0.15, 0.2) is 24.5 Å². The highest BCUT2D eigenvalue weighted by atomic mass is 35.5. The van der Waals surface area contributed by atoms with E-state index in [4.69, 9.17) is 27.9 Å². The van der Waals surface area contributed by atoms with E-state index in [2.05, 4.69) is 25.3 Å². The Balaban J connectivity index is 1.37. The Labute approximate surface area is 197 Å². The standard InChI is InChI=1S/C21H21Cl2F3N6O/c22-15-3-11-5-27-21(30-18-6-28-32(20(18)23)8-19(25)26)29-17(11)4-14(15)13-1-2-31(7-16(13)24)12-9-33-10-12/h3-6,12-13,16,19H,1-2,7-10H2,(H,27,29,30)/t13-,16+/m1/s1. The summed E-state index contributed by atoms with van der Waals surface area (Å²) in [6.07, 6.45) is -0.0564. The molecule has 1 aromatic carbocycles. The largest absolute Gasteiger partial charge is 0.378 e. The average molecular weight is 501 g/mol. The second-order valence-electron chi connectivity index (χ2n) is 8.27. The Kier molecular flexibility index (Phi) is 6.34. The maximum atomic E-state index is 15.1. The number of nitrogens with zero attached hydrogens (tertiary/aromatic N) is 5. The van der Waals surface area contributed by atoms with Gasteiger partial charge < -0.3 is 10.1 Å². The highest BCUT2D eigenvalue weighted by Gasteiger charge is 2.36. The Morgan fingerprint density at radius 1 is 1.21 bits per heavy atom. The minimum atomic E-state index is -2.58. The lowest BCUT2D eigenvalue weighted by molar-refractivity contribution is -0.0806. The molecular formula is C21H21Cl2F3N6O. The van der Waals surface area contributed by atoms with Crippen LogP contribution in [0, 0.1) is 0 Å². The summed E-state index contributed by atoms with van der Waals surface area (Å²) in [5.41, 5.74) is 1.61. The molecule has 4 heterocycles. The summed E-state index contributed by atoms with van der Waals surface area (Å²) < 4.78 is 46.6. The number of rotatable bonds is 6. The van der Waals surface area contributed by atoms with Crippen molar-refractivity contribution in [2.24, 2.45) is 0 Å². The summed E-state index contributed by atoms with van der Waals surface area (Å²) in [5, 5.41) is 7.97. The number of alkyl halides is 3. The fraction of sp³-hybridized carbons (Fsp3) is 0.476. The second-order valence-corrected chi connectivity index (χ2v) is 9.04. The summed E-state index contributed by atoms with van der Waals surface area (Å²) in [6.45, 7) is 1.84. The van der Waals surface area contributed by atoms with Crippen LogP contribution in [0.25, 0.3) is 10.9 Å². The van der Waals surface area contributed by atoms with Crippen molar-refractivity contribution < 1.29 is 17.9 Å². The van der Waals surface area contributed by atoms with Crippen molar-refractivity contribution in [3.05, 3.63) is 40.3 Å². The minimum Gasteiger partial charge on any atom is -0.378 e. The van der Waals surface area contributed by atoms with E-state index in [0.29, 0.717) is 59.4 Å². The molecule has 2 aliphatic rings. The van der Waals surface area contributed by atoms with E-state index in [0.717, 1.165) is 11.2 Å². The first-order valence-corrected chi connectivity index (χ1v) is 11.3. The number of piperidine rings is 1. The maximum Gasteiger partial charge on any atom is 0.257 e. The van der Waals surface area contributed by atoms with Crippen LogP contribution < -0.4 is 5.32 Å². The lowest BCUT2D eigenvalue weighted by Gasteiger charge is -2.43. The molecular weight excluding hydrogens is 480 g/mol. The van der Waals surface area contributed by atoms with Gasteiger partial charge in [0.25, 0.3) is 6.43 Å². The molecule has 1 N–H and O–H groups in total. The Hall–Kier alpha value is -2.14. The van der Waals surface area contributed by atoms with E-state index >= 15 is 4.39 Å². The molecule has 0 aliphatic carbocycles. The van der Waals surface area contributed by atoms with Gasteiger partial charge in [0.05, 0.1) is 36.7 Å². The van der Waals surface area contributed by atoms with Gasteiger partial charge in [0.15, 0.2) is 5.15 Å². The van der Waals surface area contributed by atoms with Crippen molar-refractivity contribution in [3.63, 3.8) is 0 Å². The van der Waals surface area contributed by atoms with Gasteiger partial charge in [0.2, 0.25) is 5.95 Å². The van der Waals surface area contributed by atoms with Gasteiger partial charge in [-0.15, -0.1) is 0 Å². The van der Waals surface area contributed by atoms with Crippen LogP contribution in [0.5, 0.6) is 0 Å². The van der Waals surface area contributed by atoms with Gasteiger partial charge in [-0.2, -0.15) is 5.10 Å². The molecule has 176 valence electrons. The Morgan fingerprint density at radius 3 is 2.73 bits per heavy atom. The number of halogens is 5. The van der Waals surface area contributed by atoms with Crippen molar-refractivity contribution in [3.8, 4) is 0 Å². The summed E-state index contributed by atoms with van der Waals surface area (Å²) in [6, 6.07) is 3.84. The van der Waals surface area contributed by atoms with Gasteiger partial charge in [-0.25, -0.2) is 27.8 Å². The third kappa shape index (κ3) is 4.62. The molecule has 2 aromatic heterocycles. The third-order valence-corrected chi connectivity index (χ3v) is 6.87. The summed E-state index contributed by atoms with van der Waals surface area (Å²) in [7, 11) is 0. The zero-order valence-corrected chi connectivity index (χ0v) is 18.9.